The van der Waals surface area contributed by atoms with Gasteiger partial charge in [0.05, 0.1) is 32.5 Å². The van der Waals surface area contributed by atoms with E-state index in [2.05, 4.69) is 0 Å². The predicted molar refractivity (Wildman–Crippen MR) is 105 cm³/mol. The summed E-state index contributed by atoms with van der Waals surface area (Å²) in [5, 5.41) is 0.610. The van der Waals surface area contributed by atoms with Crippen LogP contribution in [0.1, 0.15) is 11.1 Å². The number of nitrogens with zero attached hydrogens (tertiary/aromatic N) is 1. The summed E-state index contributed by atoms with van der Waals surface area (Å²) in [7, 11) is 4.51. The van der Waals surface area contributed by atoms with E-state index < -0.39 is 11.8 Å². The summed E-state index contributed by atoms with van der Waals surface area (Å²) in [5.74, 6) is 5.81. The van der Waals surface area contributed by atoms with E-state index in [0.717, 1.165) is 5.56 Å². The number of imide groups is 1. The van der Waals surface area contributed by atoms with Gasteiger partial charge in [-0.2, -0.15) is 0 Å². The van der Waals surface area contributed by atoms with Crippen LogP contribution < -0.4 is 20.1 Å². The lowest BCUT2D eigenvalue weighted by atomic mass is 10.0. The first-order chi connectivity index (χ1) is 13.5. The molecule has 7 heteroatoms. The number of benzene rings is 2. The van der Waals surface area contributed by atoms with Crippen LogP contribution in [0, 0.1) is 0 Å². The molecule has 144 valence electrons. The molecule has 1 heterocycles. The Morgan fingerprint density at radius 2 is 1.29 bits per heavy atom. The zero-order chi connectivity index (χ0) is 20.3. The second-order valence-electron chi connectivity index (χ2n) is 5.97. The lowest BCUT2D eigenvalue weighted by Crippen LogP contribution is -2.36. The molecule has 0 aliphatic carbocycles. The van der Waals surface area contributed by atoms with E-state index >= 15 is 0 Å². The number of hydrogen-bond donors (Lipinski definition) is 1. The molecule has 2 amide bonds. The number of carbonyl (C=O) groups excluding carboxylic acids is 2. The number of carbonyl (C=O) groups is 2. The third-order valence-corrected chi connectivity index (χ3v) is 4.30. The molecular formula is C21H20N2O5. The molecule has 1 fully saturated rings. The van der Waals surface area contributed by atoms with E-state index in [-0.39, 0.29) is 11.1 Å². The molecule has 3 rings (SSSR count). The SMILES string of the molecule is COc1cc(/C=C2/C(=O)N(N)C(=O)/C2=C/c2ccccc2)cc(OC)c1OC. The molecular weight excluding hydrogens is 360 g/mol. The van der Waals surface area contributed by atoms with Crippen LogP contribution in [0.4, 0.5) is 0 Å². The number of nitrogens with two attached hydrogens (primary N) is 1. The van der Waals surface area contributed by atoms with Crippen LogP contribution in [-0.2, 0) is 9.59 Å². The standard InChI is InChI=1S/C21H20N2O5/c1-26-17-11-14(12-18(27-2)19(17)28-3)10-16-15(20(24)23(22)21(16)25)9-13-7-5-4-6-8-13/h4-12H,22H2,1-3H3/b15-9+,16-10+. The Balaban J connectivity index is 2.14. The summed E-state index contributed by atoms with van der Waals surface area (Å²) in [4.78, 5) is 25.0. The Hall–Kier alpha value is -3.58. The number of hydrazine groups is 1. The molecule has 28 heavy (non-hydrogen) atoms. The number of hydrogen-bond acceptors (Lipinski definition) is 6. The number of amides is 2. The minimum Gasteiger partial charge on any atom is -0.493 e. The van der Waals surface area contributed by atoms with Crippen molar-refractivity contribution in [3.05, 3.63) is 64.7 Å². The molecule has 0 saturated carbocycles. The van der Waals surface area contributed by atoms with Gasteiger partial charge < -0.3 is 14.2 Å². The van der Waals surface area contributed by atoms with E-state index in [1.807, 2.05) is 30.3 Å². The number of methoxy groups -OCH3 is 3. The first kappa shape index (κ1) is 19.2. The van der Waals surface area contributed by atoms with Gasteiger partial charge in [0.1, 0.15) is 0 Å². The quantitative estimate of drug-likeness (QED) is 0.371. The molecule has 0 aromatic heterocycles. The highest BCUT2D eigenvalue weighted by Gasteiger charge is 2.37. The van der Waals surface area contributed by atoms with Crippen molar-refractivity contribution in [3.8, 4) is 17.2 Å². The lowest BCUT2D eigenvalue weighted by Gasteiger charge is -2.13. The van der Waals surface area contributed by atoms with E-state index in [1.54, 1.807) is 24.3 Å². The Kier molecular flexibility index (Phi) is 5.47. The summed E-state index contributed by atoms with van der Waals surface area (Å²) < 4.78 is 16.0. The minimum absolute atomic E-state index is 0.186. The highest BCUT2D eigenvalue weighted by molar-refractivity contribution is 6.27. The fourth-order valence-corrected chi connectivity index (χ4v) is 2.93. The molecule has 2 aromatic carbocycles. The fourth-order valence-electron chi connectivity index (χ4n) is 2.93. The second kappa shape index (κ2) is 7.98. The van der Waals surface area contributed by atoms with Crippen LogP contribution in [0.3, 0.4) is 0 Å². The summed E-state index contributed by atoms with van der Waals surface area (Å²) >= 11 is 0. The topological polar surface area (TPSA) is 91.1 Å². The first-order valence-electron chi connectivity index (χ1n) is 8.42. The van der Waals surface area contributed by atoms with E-state index in [9.17, 15) is 9.59 Å². The Labute approximate surface area is 162 Å². The van der Waals surface area contributed by atoms with Gasteiger partial charge in [-0.1, -0.05) is 30.3 Å². The smallest absolute Gasteiger partial charge is 0.275 e. The van der Waals surface area contributed by atoms with Gasteiger partial charge in [0.25, 0.3) is 11.8 Å². The second-order valence-corrected chi connectivity index (χ2v) is 5.97. The van der Waals surface area contributed by atoms with E-state index in [0.29, 0.717) is 27.8 Å². The molecule has 0 bridgehead atoms. The van der Waals surface area contributed by atoms with Crippen LogP contribution >= 0.6 is 0 Å². The van der Waals surface area contributed by atoms with Gasteiger partial charge in [-0.3, -0.25) is 9.59 Å². The van der Waals surface area contributed by atoms with E-state index in [4.69, 9.17) is 20.1 Å². The van der Waals surface area contributed by atoms with Crippen LogP contribution in [0.15, 0.2) is 53.6 Å². The van der Waals surface area contributed by atoms with Crippen LogP contribution in [0.5, 0.6) is 17.2 Å². The maximum atomic E-state index is 12.5. The van der Waals surface area contributed by atoms with Crippen LogP contribution in [-0.4, -0.2) is 38.2 Å². The largest absolute Gasteiger partial charge is 0.493 e. The average Bonchev–Trinajstić information content (AvgIpc) is 2.92. The average molecular weight is 380 g/mol. The normalized spacial score (nSPS) is 16.8. The Morgan fingerprint density at radius 3 is 1.75 bits per heavy atom. The molecule has 0 unspecified atom stereocenters. The molecule has 2 aromatic rings. The van der Waals surface area contributed by atoms with Crippen molar-refractivity contribution in [3.63, 3.8) is 0 Å². The summed E-state index contributed by atoms with van der Waals surface area (Å²) in [6.07, 6.45) is 3.21. The van der Waals surface area contributed by atoms with Crippen molar-refractivity contribution in [1.82, 2.24) is 5.01 Å². The fraction of sp³-hybridized carbons (Fsp3) is 0.143. The number of ether oxygens (including phenoxy) is 3. The summed E-state index contributed by atoms with van der Waals surface area (Å²) in [5.41, 5.74) is 1.78. The number of rotatable bonds is 5. The minimum atomic E-state index is -0.582. The summed E-state index contributed by atoms with van der Waals surface area (Å²) in [6.45, 7) is 0. The maximum Gasteiger partial charge on any atom is 0.275 e. The first-order valence-corrected chi connectivity index (χ1v) is 8.42. The molecule has 7 nitrogen and oxygen atoms in total. The third kappa shape index (κ3) is 3.47. The van der Waals surface area contributed by atoms with Crippen molar-refractivity contribution in [2.75, 3.05) is 21.3 Å². The van der Waals surface area contributed by atoms with Crippen molar-refractivity contribution >= 4 is 24.0 Å². The molecule has 0 spiro atoms. The van der Waals surface area contributed by atoms with Gasteiger partial charge >= 0.3 is 0 Å². The highest BCUT2D eigenvalue weighted by Crippen LogP contribution is 2.39. The van der Waals surface area contributed by atoms with Gasteiger partial charge in [0.2, 0.25) is 5.75 Å². The lowest BCUT2D eigenvalue weighted by molar-refractivity contribution is -0.136. The van der Waals surface area contributed by atoms with Gasteiger partial charge in [0, 0.05) is 0 Å². The monoisotopic (exact) mass is 380 g/mol. The zero-order valence-electron chi connectivity index (χ0n) is 15.8. The molecule has 1 saturated heterocycles. The van der Waals surface area contributed by atoms with Crippen LogP contribution in [0.2, 0.25) is 0 Å². The third-order valence-electron chi connectivity index (χ3n) is 4.30. The molecule has 1 aliphatic heterocycles. The van der Waals surface area contributed by atoms with Crippen molar-refractivity contribution in [2.24, 2.45) is 5.84 Å². The molecule has 0 atom stereocenters. The molecule has 2 N–H and O–H groups in total. The highest BCUT2D eigenvalue weighted by atomic mass is 16.5. The van der Waals surface area contributed by atoms with Gasteiger partial charge in [-0.25, -0.2) is 10.9 Å². The summed E-state index contributed by atoms with van der Waals surface area (Å²) in [6, 6.07) is 12.6. The van der Waals surface area contributed by atoms with E-state index in [1.165, 1.54) is 21.3 Å². The van der Waals surface area contributed by atoms with Crippen molar-refractivity contribution in [2.45, 2.75) is 0 Å². The van der Waals surface area contributed by atoms with Gasteiger partial charge in [-0.15, -0.1) is 0 Å². The van der Waals surface area contributed by atoms with Crippen molar-refractivity contribution in [1.29, 1.82) is 0 Å². The molecule has 1 aliphatic rings. The van der Waals surface area contributed by atoms with Gasteiger partial charge in [0.15, 0.2) is 11.5 Å². The molecule has 0 radical (unpaired) electrons. The Bertz CT molecular complexity index is 955. The maximum absolute atomic E-state index is 12.5. The predicted octanol–water partition coefficient (Wildman–Crippen LogP) is 2.42. The Morgan fingerprint density at radius 1 is 0.786 bits per heavy atom. The van der Waals surface area contributed by atoms with Gasteiger partial charge in [-0.05, 0) is 35.4 Å². The van der Waals surface area contributed by atoms with Crippen molar-refractivity contribution < 1.29 is 23.8 Å². The zero-order valence-corrected chi connectivity index (χ0v) is 15.8. The van der Waals surface area contributed by atoms with Crippen LogP contribution in [0.25, 0.3) is 12.2 Å².